The van der Waals surface area contributed by atoms with Gasteiger partial charge >= 0.3 is 0 Å². The van der Waals surface area contributed by atoms with E-state index in [2.05, 4.69) is 58.5 Å². The lowest BCUT2D eigenvalue weighted by molar-refractivity contribution is 0.449. The minimum Gasteiger partial charge on any atom is -0.229 e. The van der Waals surface area contributed by atoms with Crippen molar-refractivity contribution in [2.45, 2.75) is 102 Å². The first-order valence-electron chi connectivity index (χ1n) is 10.2. The fourth-order valence-corrected chi connectivity index (χ4v) is 5.04. The molecular weight excluding hydrogens is 360 g/mol. The summed E-state index contributed by atoms with van der Waals surface area (Å²) in [5, 5.41) is -0.248. The van der Waals surface area contributed by atoms with Gasteiger partial charge in [0.2, 0.25) is 0 Å². The molecular formula is C22H38O2S2. The molecule has 0 aliphatic carbocycles. The van der Waals surface area contributed by atoms with Gasteiger partial charge in [0, 0.05) is 4.90 Å². The van der Waals surface area contributed by atoms with Crippen LogP contribution in [0.2, 0.25) is 0 Å². The molecule has 4 heteroatoms. The number of unbranched alkanes of at least 4 members (excludes halogenated alkanes) is 3. The Hall–Kier alpha value is -0.480. The number of thiol groups is 1. The van der Waals surface area contributed by atoms with Gasteiger partial charge in [-0.2, -0.15) is 0 Å². The number of sulfone groups is 1. The van der Waals surface area contributed by atoms with Gasteiger partial charge in [0.15, 0.2) is 9.84 Å². The molecule has 1 aromatic rings. The third-order valence-corrected chi connectivity index (χ3v) is 8.16. The summed E-state index contributed by atoms with van der Waals surface area (Å²) in [6, 6.07) is 6.37. The second-order valence-corrected chi connectivity index (χ2v) is 11.3. The van der Waals surface area contributed by atoms with Crippen LogP contribution in [0.25, 0.3) is 0 Å². The van der Waals surface area contributed by atoms with Gasteiger partial charge in [-0.05, 0) is 48.8 Å². The van der Waals surface area contributed by atoms with Crippen molar-refractivity contribution in [1.82, 2.24) is 0 Å². The fourth-order valence-electron chi connectivity index (χ4n) is 3.28. The summed E-state index contributed by atoms with van der Waals surface area (Å²) in [5.74, 6) is 0.213. The van der Waals surface area contributed by atoms with E-state index in [9.17, 15) is 8.42 Å². The summed E-state index contributed by atoms with van der Waals surface area (Å²) in [4.78, 5) is 0.919. The number of rotatable bonds is 12. The van der Waals surface area contributed by atoms with Crippen LogP contribution in [0, 0.1) is 0 Å². The Morgan fingerprint density at radius 1 is 1.08 bits per heavy atom. The highest BCUT2D eigenvalue weighted by Gasteiger charge is 2.22. The average Bonchev–Trinajstić information content (AvgIpc) is 2.58. The molecule has 0 fully saturated rings. The molecule has 1 rings (SSSR count). The number of hydrogen-bond donors (Lipinski definition) is 1. The van der Waals surface area contributed by atoms with Crippen molar-refractivity contribution in [3.8, 4) is 0 Å². The normalized spacial score (nSPS) is 13.8. The summed E-state index contributed by atoms with van der Waals surface area (Å²) in [6.45, 7) is 10.7. The summed E-state index contributed by atoms with van der Waals surface area (Å²) >= 11 is 4.65. The molecule has 0 aliphatic rings. The minimum absolute atomic E-state index is 0.131. The number of benzene rings is 1. The standard InChI is InChI=1S/C22H38O2S2/c1-6-8-10-15-22(4,5)20-13-12-19(21(25)17-20)14-16-26(23,24)18(3)11-9-7-2/h12-13,17-18,25H,6-11,14-16H2,1-5H3. The van der Waals surface area contributed by atoms with Gasteiger partial charge in [0.25, 0.3) is 0 Å². The quantitative estimate of drug-likeness (QED) is 0.328. The van der Waals surface area contributed by atoms with Gasteiger partial charge in [0.05, 0.1) is 11.0 Å². The fraction of sp³-hybridized carbons (Fsp3) is 0.727. The van der Waals surface area contributed by atoms with Gasteiger partial charge in [-0.1, -0.05) is 71.9 Å². The van der Waals surface area contributed by atoms with Crippen molar-refractivity contribution in [3.05, 3.63) is 29.3 Å². The van der Waals surface area contributed by atoms with Crippen molar-refractivity contribution in [1.29, 1.82) is 0 Å². The summed E-state index contributed by atoms with van der Waals surface area (Å²) in [7, 11) is -3.03. The first-order valence-corrected chi connectivity index (χ1v) is 12.3. The molecule has 0 N–H and O–H groups in total. The lowest BCUT2D eigenvalue weighted by Gasteiger charge is -2.26. The molecule has 0 bridgehead atoms. The second-order valence-electron chi connectivity index (χ2n) is 8.25. The van der Waals surface area contributed by atoms with E-state index in [1.165, 1.54) is 24.8 Å². The van der Waals surface area contributed by atoms with Crippen molar-refractivity contribution >= 4 is 22.5 Å². The highest BCUT2D eigenvalue weighted by atomic mass is 32.2. The summed E-state index contributed by atoms with van der Waals surface area (Å²) < 4.78 is 24.9. The largest absolute Gasteiger partial charge is 0.229 e. The topological polar surface area (TPSA) is 34.1 Å². The highest BCUT2D eigenvalue weighted by Crippen LogP contribution is 2.32. The van der Waals surface area contributed by atoms with Crippen LogP contribution in [0.4, 0.5) is 0 Å². The van der Waals surface area contributed by atoms with Crippen LogP contribution in [0.15, 0.2) is 23.1 Å². The molecule has 1 aromatic carbocycles. The molecule has 0 saturated carbocycles. The Balaban J connectivity index is 2.76. The van der Waals surface area contributed by atoms with Crippen molar-refractivity contribution in [2.24, 2.45) is 0 Å². The highest BCUT2D eigenvalue weighted by molar-refractivity contribution is 7.92. The molecule has 0 amide bonds. The van der Waals surface area contributed by atoms with E-state index in [0.29, 0.717) is 6.42 Å². The maximum atomic E-state index is 12.5. The van der Waals surface area contributed by atoms with Crippen LogP contribution < -0.4 is 0 Å². The van der Waals surface area contributed by atoms with Gasteiger partial charge in [-0.3, -0.25) is 0 Å². The Morgan fingerprint density at radius 3 is 2.31 bits per heavy atom. The van der Waals surface area contributed by atoms with E-state index in [4.69, 9.17) is 0 Å². The Kier molecular flexibility index (Phi) is 9.74. The van der Waals surface area contributed by atoms with E-state index in [1.807, 2.05) is 6.92 Å². The monoisotopic (exact) mass is 398 g/mol. The van der Waals surface area contributed by atoms with Gasteiger partial charge < -0.3 is 0 Å². The van der Waals surface area contributed by atoms with E-state index >= 15 is 0 Å². The molecule has 0 aliphatic heterocycles. The van der Waals surface area contributed by atoms with E-state index < -0.39 is 9.84 Å². The first-order chi connectivity index (χ1) is 12.1. The Labute approximate surface area is 167 Å². The van der Waals surface area contributed by atoms with Crippen LogP contribution in [0.3, 0.4) is 0 Å². The smallest absolute Gasteiger partial charge is 0.153 e. The molecule has 0 radical (unpaired) electrons. The lowest BCUT2D eigenvalue weighted by Crippen LogP contribution is -2.22. The van der Waals surface area contributed by atoms with E-state index in [-0.39, 0.29) is 16.4 Å². The Morgan fingerprint density at radius 2 is 1.73 bits per heavy atom. The van der Waals surface area contributed by atoms with E-state index in [0.717, 1.165) is 36.1 Å². The Bertz CT molecular complexity index is 648. The summed E-state index contributed by atoms with van der Waals surface area (Å²) in [5.41, 5.74) is 2.46. The van der Waals surface area contributed by atoms with Crippen LogP contribution >= 0.6 is 12.6 Å². The zero-order valence-electron chi connectivity index (χ0n) is 17.3. The molecule has 0 heterocycles. The molecule has 150 valence electrons. The molecule has 1 unspecified atom stereocenters. The third-order valence-electron chi connectivity index (χ3n) is 5.51. The van der Waals surface area contributed by atoms with Crippen molar-refractivity contribution < 1.29 is 8.42 Å². The molecule has 26 heavy (non-hydrogen) atoms. The zero-order valence-corrected chi connectivity index (χ0v) is 19.1. The van der Waals surface area contributed by atoms with E-state index in [1.54, 1.807) is 0 Å². The van der Waals surface area contributed by atoms with Crippen LogP contribution in [0.1, 0.15) is 90.7 Å². The first kappa shape index (κ1) is 23.6. The van der Waals surface area contributed by atoms with Crippen LogP contribution in [-0.2, 0) is 21.7 Å². The number of hydrogen-bond acceptors (Lipinski definition) is 3. The van der Waals surface area contributed by atoms with Crippen LogP contribution in [-0.4, -0.2) is 19.4 Å². The van der Waals surface area contributed by atoms with Crippen LogP contribution in [0.5, 0.6) is 0 Å². The average molecular weight is 399 g/mol. The maximum absolute atomic E-state index is 12.5. The molecule has 2 nitrogen and oxygen atoms in total. The summed E-state index contributed by atoms with van der Waals surface area (Å²) in [6.07, 6.45) is 8.22. The van der Waals surface area contributed by atoms with Crippen molar-refractivity contribution in [2.75, 3.05) is 5.75 Å². The lowest BCUT2D eigenvalue weighted by atomic mass is 9.79. The third kappa shape index (κ3) is 7.26. The number of aryl methyl sites for hydroxylation is 1. The predicted octanol–water partition coefficient (Wildman–Crippen LogP) is 6.37. The van der Waals surface area contributed by atoms with Gasteiger partial charge in [-0.25, -0.2) is 8.42 Å². The second kappa shape index (κ2) is 10.8. The van der Waals surface area contributed by atoms with Crippen molar-refractivity contribution in [3.63, 3.8) is 0 Å². The molecule has 1 atom stereocenters. The van der Waals surface area contributed by atoms with Gasteiger partial charge in [-0.15, -0.1) is 12.6 Å². The zero-order chi connectivity index (χ0) is 19.8. The molecule has 0 saturated heterocycles. The minimum atomic E-state index is -3.03. The maximum Gasteiger partial charge on any atom is 0.153 e. The molecule has 0 spiro atoms. The SMILES string of the molecule is CCCCCC(C)(C)c1ccc(CCS(=O)(=O)C(C)CCCC)c(S)c1. The molecule has 0 aromatic heterocycles. The van der Waals surface area contributed by atoms with Gasteiger partial charge in [0.1, 0.15) is 0 Å². The predicted molar refractivity (Wildman–Crippen MR) is 117 cm³/mol.